The number of rotatable bonds is 4. The smallest absolute Gasteiger partial charge is 0.207 e. The zero-order chi connectivity index (χ0) is 14.0. The molecule has 3 nitrogen and oxygen atoms in total. The van der Waals surface area contributed by atoms with Gasteiger partial charge in [-0.05, 0) is 28.1 Å². The van der Waals surface area contributed by atoms with Crippen LogP contribution in [0.2, 0.25) is 0 Å². The predicted molar refractivity (Wildman–Crippen MR) is 64.6 cm³/mol. The summed E-state index contributed by atoms with van der Waals surface area (Å²) in [6.45, 7) is -0.378. The highest BCUT2D eigenvalue weighted by Crippen LogP contribution is 2.27. The molecule has 0 amide bonds. The molecule has 0 N–H and O–H groups in total. The zero-order valence-electron chi connectivity index (χ0n) is 9.41. The number of sulfonamides is 1. The molecule has 0 saturated carbocycles. The van der Waals surface area contributed by atoms with Crippen molar-refractivity contribution >= 4 is 26.0 Å². The Labute approximate surface area is 112 Å². The van der Waals surface area contributed by atoms with Crippen LogP contribution in [0.1, 0.15) is 6.92 Å². The van der Waals surface area contributed by atoms with Gasteiger partial charge in [0.05, 0.1) is 4.90 Å². The summed E-state index contributed by atoms with van der Waals surface area (Å²) in [5.41, 5.74) is 0. The molecule has 0 spiro atoms. The SMILES string of the molecule is CCN(CC(F)(F)F)S(=O)(=O)c1ccccc1Br. The molecule has 0 fully saturated rings. The molecule has 0 aliphatic rings. The van der Waals surface area contributed by atoms with Crippen LogP contribution in [0.5, 0.6) is 0 Å². The van der Waals surface area contributed by atoms with Gasteiger partial charge in [0.15, 0.2) is 0 Å². The third-order valence-corrected chi connectivity index (χ3v) is 5.10. The third kappa shape index (κ3) is 3.69. The zero-order valence-corrected chi connectivity index (χ0v) is 11.8. The molecule has 0 aliphatic heterocycles. The first-order valence-electron chi connectivity index (χ1n) is 5.00. The number of nitrogens with zero attached hydrogens (tertiary/aromatic N) is 1. The maximum Gasteiger partial charge on any atom is 0.402 e. The lowest BCUT2D eigenvalue weighted by molar-refractivity contribution is -0.135. The summed E-state index contributed by atoms with van der Waals surface area (Å²) in [4.78, 5) is -0.170. The van der Waals surface area contributed by atoms with Crippen molar-refractivity contribution in [3.8, 4) is 0 Å². The number of hydrogen-bond acceptors (Lipinski definition) is 2. The van der Waals surface area contributed by atoms with Crippen molar-refractivity contribution in [1.82, 2.24) is 4.31 Å². The van der Waals surface area contributed by atoms with E-state index in [0.29, 0.717) is 4.31 Å². The average molecular weight is 346 g/mol. The minimum atomic E-state index is -4.57. The fourth-order valence-corrected chi connectivity index (χ4v) is 3.76. The van der Waals surface area contributed by atoms with E-state index in [1.54, 1.807) is 6.07 Å². The lowest BCUT2D eigenvalue weighted by atomic mass is 10.4. The van der Waals surface area contributed by atoms with Gasteiger partial charge in [-0.2, -0.15) is 17.5 Å². The van der Waals surface area contributed by atoms with E-state index in [1.165, 1.54) is 25.1 Å². The van der Waals surface area contributed by atoms with Crippen molar-refractivity contribution < 1.29 is 21.6 Å². The highest BCUT2D eigenvalue weighted by atomic mass is 79.9. The first kappa shape index (κ1) is 15.5. The van der Waals surface area contributed by atoms with Gasteiger partial charge >= 0.3 is 6.18 Å². The molecule has 8 heteroatoms. The number of alkyl halides is 3. The predicted octanol–water partition coefficient (Wildman–Crippen LogP) is 3.02. The van der Waals surface area contributed by atoms with Gasteiger partial charge in [0.2, 0.25) is 10.0 Å². The van der Waals surface area contributed by atoms with Gasteiger partial charge in [0.25, 0.3) is 0 Å². The minimum absolute atomic E-state index is 0.170. The molecule has 0 unspecified atom stereocenters. The van der Waals surface area contributed by atoms with Gasteiger partial charge in [-0.3, -0.25) is 0 Å². The second-order valence-electron chi connectivity index (χ2n) is 3.48. The van der Waals surface area contributed by atoms with E-state index >= 15 is 0 Å². The van der Waals surface area contributed by atoms with Crippen molar-refractivity contribution in [1.29, 1.82) is 0 Å². The quantitative estimate of drug-likeness (QED) is 0.841. The monoisotopic (exact) mass is 345 g/mol. The van der Waals surface area contributed by atoms with Crippen LogP contribution in [0.15, 0.2) is 33.6 Å². The first-order chi connectivity index (χ1) is 8.18. The Balaban J connectivity index is 3.16. The second-order valence-corrected chi connectivity index (χ2v) is 6.24. The summed E-state index contributed by atoms with van der Waals surface area (Å²) in [5, 5.41) is 0. The first-order valence-corrected chi connectivity index (χ1v) is 7.23. The summed E-state index contributed by atoms with van der Waals surface area (Å²) >= 11 is 3.02. The normalized spacial score (nSPS) is 13.0. The minimum Gasteiger partial charge on any atom is -0.207 e. The molecular formula is C10H11BrF3NO2S. The van der Waals surface area contributed by atoms with Crippen molar-refractivity contribution in [2.45, 2.75) is 18.0 Å². The molecule has 0 aliphatic carbocycles. The fourth-order valence-electron chi connectivity index (χ4n) is 1.36. The highest BCUT2D eigenvalue weighted by molar-refractivity contribution is 9.10. The molecule has 0 bridgehead atoms. The third-order valence-electron chi connectivity index (χ3n) is 2.16. The molecule has 0 atom stereocenters. The van der Waals surface area contributed by atoms with Crippen molar-refractivity contribution in [2.24, 2.45) is 0 Å². The lowest BCUT2D eigenvalue weighted by Gasteiger charge is -2.22. The molecule has 0 aromatic heterocycles. The van der Waals surface area contributed by atoms with E-state index in [9.17, 15) is 21.6 Å². The Kier molecular flexibility index (Phi) is 4.79. The Morgan fingerprint density at radius 1 is 1.28 bits per heavy atom. The highest BCUT2D eigenvalue weighted by Gasteiger charge is 2.36. The van der Waals surface area contributed by atoms with Crippen molar-refractivity contribution in [2.75, 3.05) is 13.1 Å². The lowest BCUT2D eigenvalue weighted by Crippen LogP contribution is -2.38. The van der Waals surface area contributed by atoms with Gasteiger partial charge in [0.1, 0.15) is 6.54 Å². The summed E-state index contributed by atoms with van der Waals surface area (Å²) in [6.07, 6.45) is -4.57. The summed E-state index contributed by atoms with van der Waals surface area (Å²) < 4.78 is 61.7. The molecule has 0 heterocycles. The summed E-state index contributed by atoms with van der Waals surface area (Å²) in [7, 11) is -4.15. The topological polar surface area (TPSA) is 37.4 Å². The van der Waals surface area contributed by atoms with Crippen LogP contribution in [0.25, 0.3) is 0 Å². The van der Waals surface area contributed by atoms with Crippen LogP contribution in [0.3, 0.4) is 0 Å². The largest absolute Gasteiger partial charge is 0.402 e. The molecule has 18 heavy (non-hydrogen) atoms. The molecule has 1 rings (SSSR count). The summed E-state index contributed by atoms with van der Waals surface area (Å²) in [5.74, 6) is 0. The Hall–Kier alpha value is -0.600. The Bertz CT molecular complexity index is 516. The second kappa shape index (κ2) is 5.58. The number of hydrogen-bond donors (Lipinski definition) is 0. The van der Waals surface area contributed by atoms with E-state index in [4.69, 9.17) is 0 Å². The molecular weight excluding hydrogens is 335 g/mol. The van der Waals surface area contributed by atoms with Crippen LogP contribution in [0, 0.1) is 0 Å². The van der Waals surface area contributed by atoms with Crippen LogP contribution in [-0.2, 0) is 10.0 Å². The maximum absolute atomic E-state index is 12.3. The fraction of sp³-hybridized carbons (Fsp3) is 0.400. The van der Waals surface area contributed by atoms with Gasteiger partial charge in [0, 0.05) is 11.0 Å². The summed E-state index contributed by atoms with van der Waals surface area (Å²) in [6, 6.07) is 5.77. The molecule has 102 valence electrons. The van der Waals surface area contributed by atoms with Gasteiger partial charge in [-0.15, -0.1) is 0 Å². The van der Waals surface area contributed by atoms with Gasteiger partial charge < -0.3 is 0 Å². The Morgan fingerprint density at radius 2 is 1.83 bits per heavy atom. The van der Waals surface area contributed by atoms with Crippen LogP contribution in [0.4, 0.5) is 13.2 Å². The molecule has 0 saturated heterocycles. The van der Waals surface area contributed by atoms with Gasteiger partial charge in [-0.25, -0.2) is 8.42 Å². The molecule has 0 radical (unpaired) electrons. The van der Waals surface area contributed by atoms with E-state index in [-0.39, 0.29) is 15.9 Å². The maximum atomic E-state index is 12.3. The molecule has 1 aromatic carbocycles. The van der Waals surface area contributed by atoms with E-state index in [1.807, 2.05) is 0 Å². The van der Waals surface area contributed by atoms with Gasteiger partial charge in [-0.1, -0.05) is 19.1 Å². The molecule has 1 aromatic rings. The van der Waals surface area contributed by atoms with E-state index in [2.05, 4.69) is 15.9 Å². The number of benzene rings is 1. The number of halogens is 4. The average Bonchev–Trinajstić information content (AvgIpc) is 2.24. The van der Waals surface area contributed by atoms with Crippen LogP contribution >= 0.6 is 15.9 Å². The standard InChI is InChI=1S/C10H11BrF3NO2S/c1-2-15(7-10(12,13)14)18(16,17)9-6-4-3-5-8(9)11/h3-6H,2,7H2,1H3. The van der Waals surface area contributed by atoms with Crippen molar-refractivity contribution in [3.63, 3.8) is 0 Å². The van der Waals surface area contributed by atoms with E-state index in [0.717, 1.165) is 0 Å². The Morgan fingerprint density at radius 3 is 2.28 bits per heavy atom. The van der Waals surface area contributed by atoms with Crippen LogP contribution < -0.4 is 0 Å². The van der Waals surface area contributed by atoms with E-state index < -0.39 is 22.7 Å². The van der Waals surface area contributed by atoms with Crippen LogP contribution in [-0.4, -0.2) is 32.0 Å². The van der Waals surface area contributed by atoms with Crippen molar-refractivity contribution in [3.05, 3.63) is 28.7 Å².